The van der Waals surface area contributed by atoms with Crippen LogP contribution < -0.4 is 10.1 Å². The number of nitrogens with zero attached hydrogens (tertiary/aromatic N) is 3. The molecule has 1 aromatic carbocycles. The first-order valence-electron chi connectivity index (χ1n) is 11.6. The highest BCUT2D eigenvalue weighted by atomic mass is 19.4. The summed E-state index contributed by atoms with van der Waals surface area (Å²) in [7, 11) is 1.60. The maximum atomic E-state index is 13.1. The minimum Gasteiger partial charge on any atom is -0.497 e. The normalized spacial score (nSPS) is 16.3. The Morgan fingerprint density at radius 1 is 1.09 bits per heavy atom. The van der Waals surface area contributed by atoms with Gasteiger partial charge in [-0.25, -0.2) is 4.79 Å². The van der Waals surface area contributed by atoms with E-state index in [4.69, 9.17) is 14.6 Å². The van der Waals surface area contributed by atoms with Gasteiger partial charge in [0.25, 0.3) is 5.91 Å². The molecule has 0 aromatic heterocycles. The molecule has 0 radical (unpaired) electrons. The van der Waals surface area contributed by atoms with Crippen LogP contribution in [0.5, 0.6) is 5.75 Å². The Bertz CT molecular complexity index is 841. The second kappa shape index (κ2) is 13.9. The zero-order valence-corrected chi connectivity index (χ0v) is 19.9. The molecule has 2 aliphatic heterocycles. The van der Waals surface area contributed by atoms with Gasteiger partial charge in [-0.15, -0.1) is 0 Å². The van der Waals surface area contributed by atoms with Gasteiger partial charge < -0.3 is 29.9 Å². The van der Waals surface area contributed by atoms with Gasteiger partial charge in [-0.1, -0.05) is 6.07 Å². The Kier molecular flexibility index (Phi) is 11.3. The predicted molar refractivity (Wildman–Crippen MR) is 122 cm³/mol. The number of aliphatic carboxylic acids is 1. The van der Waals surface area contributed by atoms with Gasteiger partial charge in [-0.05, 0) is 44.1 Å². The van der Waals surface area contributed by atoms with Crippen molar-refractivity contribution in [3.63, 3.8) is 0 Å². The summed E-state index contributed by atoms with van der Waals surface area (Å²) in [5.74, 6) is -1.99. The molecule has 1 aromatic rings. The molecule has 2 heterocycles. The fraction of sp³-hybridized carbons (Fsp3) is 0.609. The summed E-state index contributed by atoms with van der Waals surface area (Å²) in [5.41, 5.74) is 0.607. The molecule has 0 spiro atoms. The Labute approximate surface area is 202 Å². The Balaban J connectivity index is 0.000000540. The predicted octanol–water partition coefficient (Wildman–Crippen LogP) is 1.69. The Morgan fingerprint density at radius 3 is 2.29 bits per heavy atom. The number of nitrogens with one attached hydrogen (secondary N) is 1. The van der Waals surface area contributed by atoms with Gasteiger partial charge in [0.05, 0.1) is 7.11 Å². The van der Waals surface area contributed by atoms with Crippen molar-refractivity contribution in [2.45, 2.75) is 25.4 Å². The Morgan fingerprint density at radius 2 is 1.71 bits per heavy atom. The van der Waals surface area contributed by atoms with E-state index in [1.165, 1.54) is 12.8 Å². The minimum atomic E-state index is -5.08. The number of carbonyl (C=O) groups excluding carboxylic acids is 2. The SMILES string of the molecule is COc1cccc(C(=O)N(CCC(=O)N2CCNCC2)CCN2CCCC2)c1.O=C(O)C(F)(F)F. The molecule has 196 valence electrons. The molecule has 35 heavy (non-hydrogen) atoms. The number of carboxylic acid groups (broad SMARTS) is 1. The van der Waals surface area contributed by atoms with E-state index in [0.29, 0.717) is 30.8 Å². The van der Waals surface area contributed by atoms with E-state index in [2.05, 4.69) is 10.2 Å². The van der Waals surface area contributed by atoms with Crippen molar-refractivity contribution in [3.05, 3.63) is 29.8 Å². The summed E-state index contributed by atoms with van der Waals surface area (Å²) in [6.45, 7) is 7.32. The standard InChI is InChI=1S/C21H32N4O3.C2HF3O2/c1-28-19-6-4-5-18(17-19)21(27)25(16-15-23-10-2-3-11-23)12-7-20(26)24-13-8-22-9-14-24;3-2(4,5)1(6)7/h4-6,17,22H,2-3,7-16H2,1H3;(H,6,7). The lowest BCUT2D eigenvalue weighted by molar-refractivity contribution is -0.192. The number of methoxy groups -OCH3 is 1. The number of hydrogen-bond acceptors (Lipinski definition) is 6. The van der Waals surface area contributed by atoms with Gasteiger partial charge in [0.15, 0.2) is 0 Å². The first-order chi connectivity index (χ1) is 16.6. The monoisotopic (exact) mass is 502 g/mol. The van der Waals surface area contributed by atoms with Crippen LogP contribution in [-0.4, -0.2) is 110 Å². The number of rotatable bonds is 8. The molecular weight excluding hydrogens is 469 g/mol. The number of carbonyl (C=O) groups is 3. The van der Waals surface area contributed by atoms with E-state index in [1.54, 1.807) is 13.2 Å². The van der Waals surface area contributed by atoms with E-state index >= 15 is 0 Å². The smallest absolute Gasteiger partial charge is 0.490 e. The molecule has 3 rings (SSSR count). The van der Waals surface area contributed by atoms with Gasteiger partial charge in [-0.2, -0.15) is 13.2 Å². The topological polar surface area (TPSA) is 102 Å². The van der Waals surface area contributed by atoms with Crippen LogP contribution in [-0.2, 0) is 9.59 Å². The largest absolute Gasteiger partial charge is 0.497 e. The van der Waals surface area contributed by atoms with Crippen molar-refractivity contribution < 1.29 is 37.4 Å². The molecule has 0 unspecified atom stereocenters. The molecule has 0 atom stereocenters. The molecule has 2 aliphatic rings. The number of alkyl halides is 3. The fourth-order valence-electron chi connectivity index (χ4n) is 3.82. The van der Waals surface area contributed by atoms with Crippen LogP contribution in [0.4, 0.5) is 13.2 Å². The third kappa shape index (κ3) is 9.73. The second-order valence-corrected chi connectivity index (χ2v) is 8.26. The van der Waals surface area contributed by atoms with Crippen LogP contribution in [0.15, 0.2) is 24.3 Å². The van der Waals surface area contributed by atoms with Gasteiger partial charge in [0.1, 0.15) is 5.75 Å². The number of piperazine rings is 1. The van der Waals surface area contributed by atoms with Crippen LogP contribution in [0.1, 0.15) is 29.6 Å². The molecular formula is C23H33F3N4O5. The lowest BCUT2D eigenvalue weighted by Crippen LogP contribution is -2.47. The summed E-state index contributed by atoms with van der Waals surface area (Å²) in [6.07, 6.45) is -2.26. The maximum absolute atomic E-state index is 13.1. The molecule has 0 aliphatic carbocycles. The highest BCUT2D eigenvalue weighted by Crippen LogP contribution is 2.16. The lowest BCUT2D eigenvalue weighted by Gasteiger charge is -2.29. The third-order valence-electron chi connectivity index (χ3n) is 5.80. The van der Waals surface area contributed by atoms with Crippen molar-refractivity contribution in [2.24, 2.45) is 0 Å². The van der Waals surface area contributed by atoms with Gasteiger partial charge in [0, 0.05) is 57.8 Å². The molecule has 0 bridgehead atoms. The number of halogens is 3. The van der Waals surface area contributed by atoms with Crippen LogP contribution in [0.3, 0.4) is 0 Å². The molecule has 2 amide bonds. The van der Waals surface area contributed by atoms with E-state index in [0.717, 1.165) is 45.8 Å². The highest BCUT2D eigenvalue weighted by molar-refractivity contribution is 5.95. The lowest BCUT2D eigenvalue weighted by atomic mass is 10.1. The van der Waals surface area contributed by atoms with Crippen LogP contribution >= 0.6 is 0 Å². The molecule has 12 heteroatoms. The second-order valence-electron chi connectivity index (χ2n) is 8.26. The summed E-state index contributed by atoms with van der Waals surface area (Å²) in [4.78, 5) is 40.7. The average molecular weight is 503 g/mol. The van der Waals surface area contributed by atoms with Crippen LogP contribution in [0.25, 0.3) is 0 Å². The summed E-state index contributed by atoms with van der Waals surface area (Å²) < 4.78 is 37.0. The Hall–Kier alpha value is -2.86. The van der Waals surface area contributed by atoms with Crippen LogP contribution in [0, 0.1) is 0 Å². The van der Waals surface area contributed by atoms with E-state index < -0.39 is 12.1 Å². The summed E-state index contributed by atoms with van der Waals surface area (Å²) in [5, 5.41) is 10.4. The zero-order valence-electron chi connectivity index (χ0n) is 19.9. The molecule has 2 fully saturated rings. The highest BCUT2D eigenvalue weighted by Gasteiger charge is 2.38. The molecule has 9 nitrogen and oxygen atoms in total. The van der Waals surface area contributed by atoms with Crippen molar-refractivity contribution in [1.29, 1.82) is 0 Å². The van der Waals surface area contributed by atoms with Crippen molar-refractivity contribution in [2.75, 3.05) is 66.0 Å². The number of amides is 2. The number of benzene rings is 1. The number of carboxylic acids is 1. The van der Waals surface area contributed by atoms with Crippen LogP contribution in [0.2, 0.25) is 0 Å². The summed E-state index contributed by atoms with van der Waals surface area (Å²) in [6, 6.07) is 7.24. The molecule has 0 saturated carbocycles. The van der Waals surface area contributed by atoms with Gasteiger partial charge >= 0.3 is 12.1 Å². The maximum Gasteiger partial charge on any atom is 0.490 e. The van der Waals surface area contributed by atoms with Crippen molar-refractivity contribution >= 4 is 17.8 Å². The van der Waals surface area contributed by atoms with Gasteiger partial charge in [-0.3, -0.25) is 9.59 Å². The number of likely N-dealkylation sites (tertiary alicyclic amines) is 1. The molecule has 2 N–H and O–H groups in total. The minimum absolute atomic E-state index is 0.0359. The quantitative estimate of drug-likeness (QED) is 0.558. The van der Waals surface area contributed by atoms with Crippen molar-refractivity contribution in [1.82, 2.24) is 20.0 Å². The van der Waals surface area contributed by atoms with Crippen molar-refractivity contribution in [3.8, 4) is 5.75 Å². The average Bonchev–Trinajstić information content (AvgIpc) is 3.37. The van der Waals surface area contributed by atoms with E-state index in [9.17, 15) is 22.8 Å². The number of hydrogen-bond donors (Lipinski definition) is 2. The summed E-state index contributed by atoms with van der Waals surface area (Å²) >= 11 is 0. The van der Waals surface area contributed by atoms with E-state index in [1.807, 2.05) is 28.0 Å². The third-order valence-corrected chi connectivity index (χ3v) is 5.80. The molecule has 2 saturated heterocycles. The first-order valence-corrected chi connectivity index (χ1v) is 11.6. The van der Waals surface area contributed by atoms with Gasteiger partial charge in [0.2, 0.25) is 5.91 Å². The number of ether oxygens (including phenoxy) is 1. The first kappa shape index (κ1) is 28.4. The zero-order chi connectivity index (χ0) is 25.8. The fourth-order valence-corrected chi connectivity index (χ4v) is 3.82. The van der Waals surface area contributed by atoms with E-state index in [-0.39, 0.29) is 11.8 Å².